The zero-order valence-corrected chi connectivity index (χ0v) is 24.8. The molecule has 0 saturated heterocycles. The molecule has 0 unspecified atom stereocenters. The summed E-state index contributed by atoms with van der Waals surface area (Å²) in [7, 11) is 0. The van der Waals surface area contributed by atoms with Crippen LogP contribution in [0.3, 0.4) is 0 Å². The van der Waals surface area contributed by atoms with E-state index in [1.807, 2.05) is 6.07 Å². The molecule has 0 heterocycles. The van der Waals surface area contributed by atoms with Crippen molar-refractivity contribution in [3.8, 4) is 0 Å². The highest BCUT2D eigenvalue weighted by molar-refractivity contribution is 6.24. The minimum absolute atomic E-state index is 1.12. The molecule has 212 valence electrons. The van der Waals surface area contributed by atoms with E-state index in [1.165, 1.54) is 54.6 Å². The van der Waals surface area contributed by atoms with Crippen molar-refractivity contribution in [1.29, 1.82) is 0 Å². The van der Waals surface area contributed by atoms with E-state index in [-0.39, 0.29) is 0 Å². The number of para-hydroxylation sites is 1. The van der Waals surface area contributed by atoms with Gasteiger partial charge in [0.15, 0.2) is 0 Å². The highest BCUT2D eigenvalue weighted by atomic mass is 15.1. The van der Waals surface area contributed by atoms with Crippen LogP contribution < -0.4 is 4.90 Å². The minimum atomic E-state index is 1.12. The van der Waals surface area contributed by atoms with E-state index >= 15 is 0 Å². The predicted octanol–water partition coefficient (Wildman–Crippen LogP) is 12.4. The second kappa shape index (κ2) is 11.6. The first-order chi connectivity index (χ1) is 22.3. The first kappa shape index (κ1) is 26.7. The van der Waals surface area contributed by atoms with Crippen LogP contribution in [0.2, 0.25) is 0 Å². The van der Waals surface area contributed by atoms with Crippen LogP contribution in [0.4, 0.5) is 17.1 Å². The highest BCUT2D eigenvalue weighted by Crippen LogP contribution is 2.37. The third kappa shape index (κ3) is 5.26. The zero-order chi connectivity index (χ0) is 30.0. The van der Waals surface area contributed by atoms with Gasteiger partial charge in [-0.15, -0.1) is 0 Å². The van der Waals surface area contributed by atoms with Crippen molar-refractivity contribution >= 4 is 73.7 Å². The lowest BCUT2D eigenvalue weighted by Gasteiger charge is -2.25. The summed E-state index contributed by atoms with van der Waals surface area (Å²) in [4.78, 5) is 2.30. The second-order valence-electron chi connectivity index (χ2n) is 11.4. The Balaban J connectivity index is 1.09. The fourth-order valence-electron chi connectivity index (χ4n) is 6.34. The van der Waals surface area contributed by atoms with Crippen LogP contribution in [-0.4, -0.2) is 0 Å². The van der Waals surface area contributed by atoms with E-state index in [1.54, 1.807) is 0 Å². The smallest absolute Gasteiger partial charge is 0.0462 e. The summed E-state index contributed by atoms with van der Waals surface area (Å²) < 4.78 is 0. The van der Waals surface area contributed by atoms with Gasteiger partial charge in [0.25, 0.3) is 0 Å². The number of nitrogens with zero attached hydrogens (tertiary/aromatic N) is 1. The van der Waals surface area contributed by atoms with Crippen molar-refractivity contribution in [3.05, 3.63) is 186 Å². The Bertz CT molecular complexity index is 2260. The predicted molar refractivity (Wildman–Crippen MR) is 196 cm³/mol. The summed E-state index contributed by atoms with van der Waals surface area (Å²) in [6.45, 7) is 0. The average Bonchev–Trinajstić information content (AvgIpc) is 3.11. The van der Waals surface area contributed by atoms with E-state index in [4.69, 9.17) is 0 Å². The van der Waals surface area contributed by atoms with Crippen LogP contribution in [0, 0.1) is 0 Å². The summed E-state index contributed by atoms with van der Waals surface area (Å²) in [5, 5.41) is 7.88. The molecule has 0 bridgehead atoms. The van der Waals surface area contributed by atoms with E-state index in [0.717, 1.165) is 17.1 Å². The van der Waals surface area contributed by atoms with Crippen molar-refractivity contribution in [2.45, 2.75) is 0 Å². The number of rotatable bonds is 7. The van der Waals surface area contributed by atoms with Gasteiger partial charge in [-0.2, -0.15) is 0 Å². The Labute approximate surface area is 264 Å². The molecular weight excluding hydrogens is 542 g/mol. The summed E-state index contributed by atoms with van der Waals surface area (Å²) >= 11 is 0. The molecule has 0 aliphatic rings. The van der Waals surface area contributed by atoms with Crippen molar-refractivity contribution < 1.29 is 0 Å². The number of anilines is 3. The summed E-state index contributed by atoms with van der Waals surface area (Å²) in [6, 6.07) is 58.6. The molecule has 45 heavy (non-hydrogen) atoms. The van der Waals surface area contributed by atoms with Crippen LogP contribution >= 0.6 is 0 Å². The van der Waals surface area contributed by atoms with Gasteiger partial charge in [0.2, 0.25) is 0 Å². The summed E-state index contributed by atoms with van der Waals surface area (Å²) in [5.41, 5.74) is 8.13. The Morgan fingerprint density at radius 3 is 1.40 bits per heavy atom. The van der Waals surface area contributed by atoms with Gasteiger partial charge in [0, 0.05) is 17.1 Å². The lowest BCUT2D eigenvalue weighted by molar-refractivity contribution is 1.28. The first-order valence-electron chi connectivity index (χ1n) is 15.4. The molecule has 8 aromatic carbocycles. The van der Waals surface area contributed by atoms with Gasteiger partial charge in [0.1, 0.15) is 0 Å². The first-order valence-corrected chi connectivity index (χ1v) is 15.4. The van der Waals surface area contributed by atoms with Crippen LogP contribution in [0.1, 0.15) is 22.3 Å². The van der Waals surface area contributed by atoms with Gasteiger partial charge >= 0.3 is 0 Å². The molecule has 0 amide bonds. The van der Waals surface area contributed by atoms with Crippen molar-refractivity contribution in [1.82, 2.24) is 0 Å². The summed E-state index contributed by atoms with van der Waals surface area (Å²) in [6.07, 6.45) is 8.78. The molecule has 0 aliphatic carbocycles. The molecule has 8 rings (SSSR count). The lowest BCUT2D eigenvalue weighted by atomic mass is 9.92. The molecule has 0 aliphatic heterocycles. The normalized spacial score (nSPS) is 11.8. The maximum absolute atomic E-state index is 2.30. The van der Waals surface area contributed by atoms with E-state index in [0.29, 0.717) is 0 Å². The zero-order valence-electron chi connectivity index (χ0n) is 24.8. The molecule has 0 fully saturated rings. The molecule has 0 atom stereocenters. The SMILES string of the molecule is C(=C\c1ccc(N(c2ccccc2)c2ccc(/C=C/c3ccc4ccc5cccc6ccc3c4c56)cc2)cc1)/c1ccccc1. The van der Waals surface area contributed by atoms with Gasteiger partial charge in [-0.3, -0.25) is 0 Å². The van der Waals surface area contributed by atoms with Gasteiger partial charge in [-0.05, 0) is 91.0 Å². The Hall–Kier alpha value is -5.92. The highest BCUT2D eigenvalue weighted by Gasteiger charge is 2.12. The Morgan fingerprint density at radius 1 is 0.311 bits per heavy atom. The lowest BCUT2D eigenvalue weighted by Crippen LogP contribution is -2.09. The van der Waals surface area contributed by atoms with Crippen molar-refractivity contribution in [2.75, 3.05) is 4.90 Å². The molecule has 8 aromatic rings. The van der Waals surface area contributed by atoms with Crippen molar-refractivity contribution in [2.24, 2.45) is 0 Å². The monoisotopic (exact) mass is 573 g/mol. The van der Waals surface area contributed by atoms with Crippen LogP contribution in [0.5, 0.6) is 0 Å². The van der Waals surface area contributed by atoms with Gasteiger partial charge in [-0.1, -0.05) is 152 Å². The second-order valence-corrected chi connectivity index (χ2v) is 11.4. The maximum Gasteiger partial charge on any atom is 0.0462 e. The third-order valence-electron chi connectivity index (χ3n) is 8.60. The van der Waals surface area contributed by atoms with E-state index < -0.39 is 0 Å². The fourth-order valence-corrected chi connectivity index (χ4v) is 6.34. The average molecular weight is 574 g/mol. The Morgan fingerprint density at radius 2 is 0.778 bits per heavy atom. The molecule has 1 heteroatoms. The van der Waals surface area contributed by atoms with Gasteiger partial charge < -0.3 is 4.90 Å². The quantitative estimate of drug-likeness (QED) is 0.135. The molecule has 1 nitrogen and oxygen atoms in total. The van der Waals surface area contributed by atoms with Crippen molar-refractivity contribution in [3.63, 3.8) is 0 Å². The maximum atomic E-state index is 2.30. The summed E-state index contributed by atoms with van der Waals surface area (Å²) in [5.74, 6) is 0. The molecule has 0 saturated carbocycles. The van der Waals surface area contributed by atoms with E-state index in [2.05, 4.69) is 187 Å². The van der Waals surface area contributed by atoms with Crippen LogP contribution in [0.25, 0.3) is 56.6 Å². The minimum Gasteiger partial charge on any atom is -0.311 e. The third-order valence-corrected chi connectivity index (χ3v) is 8.60. The standard InChI is InChI=1S/C44H31N/c1-3-8-32(9-4-1)14-15-33-17-27-40(28-18-33)45(39-12-5-2-6-13-39)41-29-19-34(20-30-41)16-21-35-22-23-38-25-24-36-10-7-11-37-26-31-42(35)44(38)43(36)37/h1-31H/b15-14+,21-16+. The molecular formula is C44H31N. The number of hydrogen-bond donors (Lipinski definition) is 0. The Kier molecular flexibility index (Phi) is 6.90. The van der Waals surface area contributed by atoms with Crippen LogP contribution in [-0.2, 0) is 0 Å². The fraction of sp³-hybridized carbons (Fsp3) is 0. The molecule has 0 N–H and O–H groups in total. The number of hydrogen-bond acceptors (Lipinski definition) is 1. The molecule has 0 spiro atoms. The van der Waals surface area contributed by atoms with Crippen LogP contribution in [0.15, 0.2) is 164 Å². The molecule has 0 aromatic heterocycles. The van der Waals surface area contributed by atoms with Gasteiger partial charge in [0.05, 0.1) is 0 Å². The molecule has 0 radical (unpaired) electrons. The number of benzene rings is 8. The van der Waals surface area contributed by atoms with E-state index in [9.17, 15) is 0 Å². The topological polar surface area (TPSA) is 3.24 Å². The van der Waals surface area contributed by atoms with Gasteiger partial charge in [-0.25, -0.2) is 0 Å². The largest absolute Gasteiger partial charge is 0.311 e.